The topological polar surface area (TPSA) is 41.6 Å². The Balaban J connectivity index is 2.44. The second kappa shape index (κ2) is 7.87. The summed E-state index contributed by atoms with van der Waals surface area (Å²) in [5.74, 6) is -0.0504. The third kappa shape index (κ3) is 6.54. The summed E-state index contributed by atoms with van der Waals surface area (Å²) < 4.78 is 41.7. The number of urea groups is 1. The van der Waals surface area contributed by atoms with E-state index in [0.29, 0.717) is 13.0 Å². The maximum absolute atomic E-state index is 12.2. The molecule has 1 N–H and O–H groups in total. The van der Waals surface area contributed by atoms with Crippen molar-refractivity contribution in [2.24, 2.45) is 5.92 Å². The Hall–Kier alpha value is -0.980. The first kappa shape index (κ1) is 18.1. The molecule has 0 heterocycles. The Morgan fingerprint density at radius 2 is 1.95 bits per heavy atom. The van der Waals surface area contributed by atoms with Crippen LogP contribution >= 0.6 is 0 Å². The number of amides is 2. The van der Waals surface area contributed by atoms with Crippen molar-refractivity contribution in [3.05, 3.63) is 0 Å². The molecule has 2 amide bonds. The highest BCUT2D eigenvalue weighted by molar-refractivity contribution is 5.74. The van der Waals surface area contributed by atoms with Crippen molar-refractivity contribution in [1.82, 2.24) is 10.2 Å². The summed E-state index contributed by atoms with van der Waals surface area (Å²) in [6.07, 6.45) is -1.48. The number of alkyl halides is 3. The van der Waals surface area contributed by atoms with E-state index in [0.717, 1.165) is 19.3 Å². The van der Waals surface area contributed by atoms with E-state index in [1.807, 2.05) is 13.8 Å². The average molecular weight is 310 g/mol. The van der Waals surface area contributed by atoms with E-state index in [-0.39, 0.29) is 18.0 Å². The molecule has 7 heteroatoms. The molecule has 0 aliphatic heterocycles. The van der Waals surface area contributed by atoms with Crippen LogP contribution in [0.3, 0.4) is 0 Å². The van der Waals surface area contributed by atoms with E-state index in [4.69, 9.17) is 4.74 Å². The van der Waals surface area contributed by atoms with Gasteiger partial charge in [0.05, 0.1) is 6.10 Å². The predicted molar refractivity (Wildman–Crippen MR) is 74.1 cm³/mol. The number of nitrogens with zero attached hydrogens (tertiary/aromatic N) is 1. The van der Waals surface area contributed by atoms with Crippen molar-refractivity contribution in [1.29, 1.82) is 0 Å². The van der Waals surface area contributed by atoms with Gasteiger partial charge < -0.3 is 15.0 Å². The molecule has 0 unspecified atom stereocenters. The monoisotopic (exact) mass is 310 g/mol. The number of carbonyl (C=O) groups is 1. The van der Waals surface area contributed by atoms with Gasteiger partial charge in [-0.25, -0.2) is 4.79 Å². The van der Waals surface area contributed by atoms with Crippen LogP contribution in [0.1, 0.15) is 39.5 Å². The van der Waals surface area contributed by atoms with Crippen molar-refractivity contribution in [2.45, 2.75) is 57.9 Å². The van der Waals surface area contributed by atoms with Crippen LogP contribution in [0.2, 0.25) is 0 Å². The number of nitrogens with one attached hydrogen (secondary N) is 1. The summed E-state index contributed by atoms with van der Waals surface area (Å²) >= 11 is 0. The Kier molecular flexibility index (Phi) is 6.77. The molecule has 1 aliphatic carbocycles. The van der Waals surface area contributed by atoms with Gasteiger partial charge in [0.25, 0.3) is 0 Å². The Morgan fingerprint density at radius 3 is 2.52 bits per heavy atom. The molecule has 4 nitrogen and oxygen atoms in total. The number of hydrogen-bond donors (Lipinski definition) is 1. The highest BCUT2D eigenvalue weighted by Gasteiger charge is 2.33. The lowest BCUT2D eigenvalue weighted by Gasteiger charge is -2.32. The van der Waals surface area contributed by atoms with Crippen molar-refractivity contribution >= 4 is 6.03 Å². The van der Waals surface area contributed by atoms with Crippen LogP contribution in [0.5, 0.6) is 0 Å². The van der Waals surface area contributed by atoms with E-state index >= 15 is 0 Å². The van der Waals surface area contributed by atoms with Gasteiger partial charge in [-0.05, 0) is 26.7 Å². The van der Waals surface area contributed by atoms with Gasteiger partial charge >= 0.3 is 12.2 Å². The third-order valence-corrected chi connectivity index (χ3v) is 3.91. The normalized spacial score (nSPS) is 23.2. The van der Waals surface area contributed by atoms with Crippen LogP contribution in [0.25, 0.3) is 0 Å². The highest BCUT2D eigenvalue weighted by atomic mass is 19.4. The smallest absolute Gasteiger partial charge is 0.368 e. The van der Waals surface area contributed by atoms with Gasteiger partial charge in [0, 0.05) is 25.6 Å². The minimum atomic E-state index is -4.30. The zero-order valence-electron chi connectivity index (χ0n) is 12.9. The van der Waals surface area contributed by atoms with Gasteiger partial charge in [0.2, 0.25) is 0 Å². The predicted octanol–water partition coefficient (Wildman–Crippen LogP) is 3.17. The first-order valence-electron chi connectivity index (χ1n) is 7.39. The molecule has 1 fully saturated rings. The van der Waals surface area contributed by atoms with Crippen LogP contribution in [-0.2, 0) is 4.74 Å². The van der Waals surface area contributed by atoms with Crippen LogP contribution in [-0.4, -0.2) is 49.5 Å². The lowest BCUT2D eigenvalue weighted by molar-refractivity contribution is -0.193. The van der Waals surface area contributed by atoms with E-state index in [1.54, 1.807) is 11.9 Å². The maximum atomic E-state index is 12.2. The molecule has 124 valence electrons. The highest BCUT2D eigenvalue weighted by Crippen LogP contribution is 2.28. The maximum Gasteiger partial charge on any atom is 0.411 e. The summed E-state index contributed by atoms with van der Waals surface area (Å²) in [5, 5.41) is 2.79. The second-order valence-electron chi connectivity index (χ2n) is 5.90. The summed E-state index contributed by atoms with van der Waals surface area (Å²) in [4.78, 5) is 13.4. The fourth-order valence-corrected chi connectivity index (χ4v) is 2.41. The molecule has 0 aromatic rings. The lowest BCUT2D eigenvalue weighted by atomic mass is 9.86. The van der Waals surface area contributed by atoms with Crippen molar-refractivity contribution in [3.63, 3.8) is 0 Å². The second-order valence-corrected chi connectivity index (χ2v) is 5.90. The average Bonchev–Trinajstić information content (AvgIpc) is 2.41. The van der Waals surface area contributed by atoms with Crippen molar-refractivity contribution < 1.29 is 22.7 Å². The molecule has 21 heavy (non-hydrogen) atoms. The van der Waals surface area contributed by atoms with Gasteiger partial charge in [-0.15, -0.1) is 0 Å². The molecule has 0 aromatic heterocycles. The molecule has 0 bridgehead atoms. The Labute approximate surface area is 124 Å². The molecule has 2 atom stereocenters. The van der Waals surface area contributed by atoms with E-state index in [1.165, 1.54) is 0 Å². The number of rotatable bonds is 5. The van der Waals surface area contributed by atoms with Crippen LogP contribution in [0.4, 0.5) is 18.0 Å². The molecule has 1 aliphatic rings. The molecular formula is C14H25F3N2O2. The van der Waals surface area contributed by atoms with Crippen LogP contribution in [0, 0.1) is 5.92 Å². The quantitative estimate of drug-likeness (QED) is 0.847. The van der Waals surface area contributed by atoms with E-state index in [9.17, 15) is 18.0 Å². The van der Waals surface area contributed by atoms with Crippen molar-refractivity contribution in [2.75, 3.05) is 20.2 Å². The fourth-order valence-electron chi connectivity index (χ4n) is 2.41. The minimum absolute atomic E-state index is 0.0504. The summed E-state index contributed by atoms with van der Waals surface area (Å²) in [6, 6.07) is -0.126. The molecule has 0 aromatic carbocycles. The fraction of sp³-hybridized carbons (Fsp3) is 0.929. The number of halogens is 3. The molecule has 0 radical (unpaired) electrons. The van der Waals surface area contributed by atoms with Gasteiger partial charge in [0.15, 0.2) is 0 Å². The zero-order valence-corrected chi connectivity index (χ0v) is 12.9. The summed E-state index contributed by atoms with van der Waals surface area (Å²) in [6.45, 7) is 2.94. The standard InChI is InChI=1S/C14H25F3N2O2/c1-10(2)19(3)13(20)18-8-11-6-4-5-7-12(11)21-9-14(15,16)17/h10-12H,4-9H2,1-3H3,(H,18,20)/t11-,12-/m1/s1. The number of ether oxygens (including phenoxy) is 1. The molecule has 1 rings (SSSR count). The largest absolute Gasteiger partial charge is 0.411 e. The number of carbonyl (C=O) groups excluding carboxylic acids is 1. The molecule has 0 saturated heterocycles. The minimum Gasteiger partial charge on any atom is -0.368 e. The number of hydrogen-bond acceptors (Lipinski definition) is 2. The molecule has 0 spiro atoms. The third-order valence-electron chi connectivity index (χ3n) is 3.91. The first-order chi connectivity index (χ1) is 9.70. The van der Waals surface area contributed by atoms with E-state index in [2.05, 4.69) is 5.32 Å². The van der Waals surface area contributed by atoms with Gasteiger partial charge in [0.1, 0.15) is 6.61 Å². The Morgan fingerprint density at radius 1 is 1.33 bits per heavy atom. The van der Waals surface area contributed by atoms with E-state index < -0.39 is 18.9 Å². The van der Waals surface area contributed by atoms with Gasteiger partial charge in [-0.2, -0.15) is 13.2 Å². The Bertz CT molecular complexity index is 335. The zero-order chi connectivity index (χ0) is 16.0. The van der Waals surface area contributed by atoms with Crippen LogP contribution < -0.4 is 5.32 Å². The lowest BCUT2D eigenvalue weighted by Crippen LogP contribution is -2.45. The molecular weight excluding hydrogens is 285 g/mol. The van der Waals surface area contributed by atoms with Gasteiger partial charge in [-0.1, -0.05) is 12.8 Å². The SMILES string of the molecule is CC(C)N(C)C(=O)NC[C@H]1CCCC[C@H]1OCC(F)(F)F. The first-order valence-corrected chi connectivity index (χ1v) is 7.39. The van der Waals surface area contributed by atoms with Crippen molar-refractivity contribution in [3.8, 4) is 0 Å². The summed E-state index contributed by atoms with van der Waals surface area (Å²) in [7, 11) is 1.69. The molecule has 1 saturated carbocycles. The van der Waals surface area contributed by atoms with Gasteiger partial charge in [-0.3, -0.25) is 0 Å². The summed E-state index contributed by atoms with van der Waals surface area (Å²) in [5.41, 5.74) is 0. The van der Waals surface area contributed by atoms with Crippen LogP contribution in [0.15, 0.2) is 0 Å².